The maximum atomic E-state index is 14.1. The van der Waals surface area contributed by atoms with Gasteiger partial charge < -0.3 is 18.9 Å². The van der Waals surface area contributed by atoms with Crippen molar-refractivity contribution in [1.29, 1.82) is 0 Å². The van der Waals surface area contributed by atoms with Crippen LogP contribution in [0.2, 0.25) is 0 Å². The topological polar surface area (TPSA) is 71.1 Å². The lowest BCUT2D eigenvalue weighted by Gasteiger charge is -2.41. The van der Waals surface area contributed by atoms with Gasteiger partial charge in [0.2, 0.25) is 0 Å². The van der Waals surface area contributed by atoms with Crippen LogP contribution in [0.3, 0.4) is 0 Å². The number of carbonyl (C=O) groups is 2. The number of Topliss-reactive ketones (excluding diaryl/α,β-unsaturated/α-hetero) is 2. The van der Waals surface area contributed by atoms with E-state index in [1.807, 2.05) is 6.92 Å². The van der Waals surface area contributed by atoms with E-state index in [0.717, 1.165) is 12.8 Å². The van der Waals surface area contributed by atoms with Crippen molar-refractivity contribution in [2.75, 3.05) is 14.2 Å². The SMILES string of the molecule is COC1CC(OC)C2C(=O)[C@@]3(OC2C1Cl)C1=C(C[C@@](C)(C2CCCCC2)O1)C(=O)C[C@H]3C. The number of hydrogen-bond acceptors (Lipinski definition) is 6. The highest BCUT2D eigenvalue weighted by Gasteiger charge is 2.69. The number of alkyl halides is 1. The van der Waals surface area contributed by atoms with Crippen LogP contribution < -0.4 is 0 Å². The third-order valence-electron chi connectivity index (χ3n) is 8.95. The molecule has 5 rings (SSSR count). The van der Waals surface area contributed by atoms with Crippen molar-refractivity contribution in [3.8, 4) is 0 Å². The van der Waals surface area contributed by atoms with Crippen LogP contribution in [0.15, 0.2) is 11.3 Å². The first-order chi connectivity index (χ1) is 15.3. The molecule has 0 N–H and O–H groups in total. The maximum Gasteiger partial charge on any atom is 0.187 e. The summed E-state index contributed by atoms with van der Waals surface area (Å²) in [5.41, 5.74) is -1.07. The second kappa shape index (κ2) is 8.07. The van der Waals surface area contributed by atoms with E-state index in [4.69, 9.17) is 30.5 Å². The largest absolute Gasteiger partial charge is 0.487 e. The number of ether oxygens (including phenoxy) is 4. The zero-order chi connectivity index (χ0) is 22.8. The molecule has 1 spiro atoms. The molecule has 1 saturated heterocycles. The van der Waals surface area contributed by atoms with Gasteiger partial charge in [0.05, 0.1) is 29.6 Å². The summed E-state index contributed by atoms with van der Waals surface area (Å²) in [6.07, 6.45) is 6.05. The first kappa shape index (κ1) is 22.8. The van der Waals surface area contributed by atoms with Crippen LogP contribution in [0.25, 0.3) is 0 Å². The predicted octanol–water partition coefficient (Wildman–Crippen LogP) is 3.97. The molecule has 2 saturated carbocycles. The van der Waals surface area contributed by atoms with Crippen LogP contribution >= 0.6 is 11.6 Å². The summed E-state index contributed by atoms with van der Waals surface area (Å²) in [5.74, 6) is 0.0818. The molecule has 0 aromatic carbocycles. The van der Waals surface area contributed by atoms with Crippen LogP contribution in [-0.4, -0.2) is 60.7 Å². The van der Waals surface area contributed by atoms with Gasteiger partial charge in [-0.05, 0) is 25.7 Å². The molecule has 2 heterocycles. The molecule has 32 heavy (non-hydrogen) atoms. The first-order valence-electron chi connectivity index (χ1n) is 12.1. The van der Waals surface area contributed by atoms with Gasteiger partial charge in [0, 0.05) is 45.0 Å². The molecule has 2 aliphatic heterocycles. The van der Waals surface area contributed by atoms with Gasteiger partial charge in [0.15, 0.2) is 17.2 Å². The van der Waals surface area contributed by atoms with Gasteiger partial charge in [0.1, 0.15) is 11.4 Å². The van der Waals surface area contributed by atoms with Gasteiger partial charge in [-0.3, -0.25) is 9.59 Å². The molecular weight excluding hydrogens is 432 g/mol. The van der Waals surface area contributed by atoms with Crippen LogP contribution in [0.5, 0.6) is 0 Å². The Bertz CT molecular complexity index is 834. The van der Waals surface area contributed by atoms with E-state index < -0.39 is 28.6 Å². The Morgan fingerprint density at radius 2 is 1.75 bits per heavy atom. The highest BCUT2D eigenvalue weighted by Crippen LogP contribution is 2.58. The summed E-state index contributed by atoms with van der Waals surface area (Å²) in [6, 6.07) is 0. The van der Waals surface area contributed by atoms with Crippen molar-refractivity contribution in [3.63, 3.8) is 0 Å². The molecule has 8 atom stereocenters. The minimum Gasteiger partial charge on any atom is -0.487 e. The molecule has 6 nitrogen and oxygen atoms in total. The Kier molecular flexibility index (Phi) is 5.76. The third kappa shape index (κ3) is 3.09. The number of methoxy groups -OCH3 is 2. The van der Waals surface area contributed by atoms with E-state index in [-0.39, 0.29) is 36.1 Å². The van der Waals surface area contributed by atoms with Crippen molar-refractivity contribution in [2.45, 2.75) is 100 Å². The average Bonchev–Trinajstić information content (AvgIpc) is 3.32. The minimum absolute atomic E-state index is 0.0463. The van der Waals surface area contributed by atoms with E-state index >= 15 is 0 Å². The summed E-state index contributed by atoms with van der Waals surface area (Å²) in [6.45, 7) is 4.04. The van der Waals surface area contributed by atoms with Crippen molar-refractivity contribution in [3.05, 3.63) is 11.3 Å². The number of ketones is 2. The molecule has 5 aliphatic rings. The second-order valence-electron chi connectivity index (χ2n) is 10.7. The Hall–Kier alpha value is -0.950. The average molecular weight is 467 g/mol. The molecule has 3 aliphatic carbocycles. The van der Waals surface area contributed by atoms with Crippen LogP contribution in [-0.2, 0) is 28.5 Å². The summed E-state index contributed by atoms with van der Waals surface area (Å²) in [4.78, 5) is 27.3. The Labute approximate surface area is 195 Å². The summed E-state index contributed by atoms with van der Waals surface area (Å²) < 4.78 is 24.7. The van der Waals surface area contributed by atoms with Crippen molar-refractivity contribution >= 4 is 23.2 Å². The second-order valence-corrected chi connectivity index (χ2v) is 11.2. The van der Waals surface area contributed by atoms with E-state index in [1.165, 1.54) is 19.3 Å². The number of rotatable bonds is 3. The van der Waals surface area contributed by atoms with Gasteiger partial charge in [-0.1, -0.05) is 26.2 Å². The smallest absolute Gasteiger partial charge is 0.187 e. The molecule has 0 amide bonds. The van der Waals surface area contributed by atoms with Gasteiger partial charge >= 0.3 is 0 Å². The van der Waals surface area contributed by atoms with Crippen molar-refractivity contribution < 1.29 is 28.5 Å². The summed E-state index contributed by atoms with van der Waals surface area (Å²) in [5, 5.41) is -0.472. The Morgan fingerprint density at radius 3 is 2.41 bits per heavy atom. The lowest BCUT2D eigenvalue weighted by Crippen LogP contribution is -2.52. The van der Waals surface area contributed by atoms with E-state index in [1.54, 1.807) is 14.2 Å². The quantitative estimate of drug-likeness (QED) is 0.586. The standard InChI is InChI=1S/C25H35ClO6/c1-13-10-16(27)15-12-24(2,14-8-6-5-7-9-14)32-23(15)25(13)22(28)19-17(29-3)11-18(30-4)20(26)21(19)31-25/h13-14,17-21H,5-12H2,1-4H3/t13-,17?,18?,19?,20?,21?,24+,25-/m1/s1. The molecular formula is C25H35ClO6. The minimum atomic E-state index is -1.27. The highest BCUT2D eigenvalue weighted by molar-refractivity contribution is 6.22. The lowest BCUT2D eigenvalue weighted by molar-refractivity contribution is -0.152. The Morgan fingerprint density at radius 1 is 1.06 bits per heavy atom. The van der Waals surface area contributed by atoms with E-state index in [2.05, 4.69) is 6.92 Å². The van der Waals surface area contributed by atoms with Crippen LogP contribution in [0, 0.1) is 17.8 Å². The molecule has 0 bridgehead atoms. The first-order valence-corrected chi connectivity index (χ1v) is 12.6. The molecule has 7 heteroatoms. The van der Waals surface area contributed by atoms with Crippen molar-refractivity contribution in [1.82, 2.24) is 0 Å². The normalized spacial score (nSPS) is 47.0. The maximum absolute atomic E-state index is 14.1. The molecule has 5 unspecified atom stereocenters. The van der Waals surface area contributed by atoms with Crippen LogP contribution in [0.4, 0.5) is 0 Å². The zero-order valence-electron chi connectivity index (χ0n) is 19.5. The van der Waals surface area contributed by atoms with Crippen molar-refractivity contribution in [2.24, 2.45) is 17.8 Å². The fourth-order valence-corrected chi connectivity index (χ4v) is 7.51. The zero-order valence-corrected chi connectivity index (χ0v) is 20.3. The molecule has 3 fully saturated rings. The number of halogens is 1. The van der Waals surface area contributed by atoms with E-state index in [9.17, 15) is 9.59 Å². The van der Waals surface area contributed by atoms with Gasteiger partial charge in [-0.25, -0.2) is 0 Å². The lowest BCUT2D eigenvalue weighted by atomic mass is 9.69. The summed E-state index contributed by atoms with van der Waals surface area (Å²) in [7, 11) is 3.24. The van der Waals surface area contributed by atoms with E-state index in [0.29, 0.717) is 30.1 Å². The number of carbonyl (C=O) groups excluding carboxylic acids is 2. The fraction of sp³-hybridized carbons (Fsp3) is 0.840. The molecule has 0 aromatic rings. The fourth-order valence-electron chi connectivity index (χ4n) is 7.09. The highest BCUT2D eigenvalue weighted by atomic mass is 35.5. The number of hydrogen-bond donors (Lipinski definition) is 0. The Balaban J connectivity index is 1.54. The summed E-state index contributed by atoms with van der Waals surface area (Å²) >= 11 is 6.79. The van der Waals surface area contributed by atoms with Gasteiger partial charge in [-0.15, -0.1) is 11.6 Å². The van der Waals surface area contributed by atoms with Crippen LogP contribution in [0.1, 0.15) is 65.2 Å². The third-order valence-corrected chi connectivity index (χ3v) is 9.48. The van der Waals surface area contributed by atoms with Gasteiger partial charge in [-0.2, -0.15) is 0 Å². The molecule has 0 aromatic heterocycles. The predicted molar refractivity (Wildman–Crippen MR) is 118 cm³/mol. The molecule has 0 radical (unpaired) electrons. The van der Waals surface area contributed by atoms with Gasteiger partial charge in [0.25, 0.3) is 0 Å². The number of fused-ring (bicyclic) bond motifs is 2. The molecule has 178 valence electrons. The monoisotopic (exact) mass is 466 g/mol.